The quantitative estimate of drug-likeness (QED) is 0.451. The Balaban J connectivity index is 1.22. The molecule has 2 heterocycles. The molecule has 2 aliphatic heterocycles. The number of nitrogens with zero attached hydrogens (tertiary/aromatic N) is 2. The third-order valence-electron chi connectivity index (χ3n) is 8.31. The van der Waals surface area contributed by atoms with Gasteiger partial charge in [-0.1, -0.05) is 56.3 Å². The third kappa shape index (κ3) is 5.22. The summed E-state index contributed by atoms with van der Waals surface area (Å²) in [7, 11) is -3.63. The zero-order valence-corrected chi connectivity index (χ0v) is 23.4. The largest absolute Gasteiger partial charge is 0.377 e. The first kappa shape index (κ1) is 25.7. The van der Waals surface area contributed by atoms with E-state index in [0.29, 0.717) is 18.4 Å². The average molecular weight is 545 g/mol. The highest BCUT2D eigenvalue weighted by Gasteiger charge is 2.39. The molecule has 0 aromatic heterocycles. The van der Waals surface area contributed by atoms with E-state index >= 15 is 0 Å². The summed E-state index contributed by atoms with van der Waals surface area (Å²) in [5.74, 6) is -0.562. The molecule has 2 N–H and O–H groups in total. The van der Waals surface area contributed by atoms with Crippen molar-refractivity contribution in [2.75, 3.05) is 41.3 Å². The van der Waals surface area contributed by atoms with Crippen LogP contribution in [0.1, 0.15) is 60.6 Å². The summed E-state index contributed by atoms with van der Waals surface area (Å²) in [6.07, 6.45) is 2.08. The standard InChI is InChI=1S/C31H36N4O3S/c1-31(2)21-28(32-29-26(12-7-13-27(29)31)30(36)33-39(37,38)25-14-15-25)22-8-6-11-24(20-22)35-18-16-34(17-19-35)23-9-4-3-5-10-23/h3-13,20,25,28,32H,14-19,21H2,1-2H3,(H,33,36). The number of fused-ring (bicyclic) bond motifs is 1. The number of hydrogen-bond acceptors (Lipinski definition) is 6. The van der Waals surface area contributed by atoms with Gasteiger partial charge in [-0.05, 0) is 66.1 Å². The van der Waals surface area contributed by atoms with E-state index in [1.165, 1.54) is 11.4 Å². The van der Waals surface area contributed by atoms with Gasteiger partial charge in [0.15, 0.2) is 0 Å². The minimum Gasteiger partial charge on any atom is -0.377 e. The number of carbonyl (C=O) groups is 1. The van der Waals surface area contributed by atoms with Crippen molar-refractivity contribution in [3.05, 3.63) is 89.5 Å². The van der Waals surface area contributed by atoms with Gasteiger partial charge in [-0.25, -0.2) is 13.1 Å². The van der Waals surface area contributed by atoms with Gasteiger partial charge in [0.05, 0.1) is 22.5 Å². The number of carbonyl (C=O) groups excluding carboxylic acids is 1. The number of para-hydroxylation sites is 2. The van der Waals surface area contributed by atoms with Gasteiger partial charge < -0.3 is 15.1 Å². The molecular formula is C31H36N4O3S. The predicted molar refractivity (Wildman–Crippen MR) is 157 cm³/mol. The van der Waals surface area contributed by atoms with Gasteiger partial charge in [-0.3, -0.25) is 4.79 Å². The maximum atomic E-state index is 13.2. The van der Waals surface area contributed by atoms with Crippen molar-refractivity contribution in [2.45, 2.75) is 49.8 Å². The molecule has 2 fully saturated rings. The van der Waals surface area contributed by atoms with Gasteiger partial charge in [0, 0.05) is 37.6 Å². The molecule has 3 aliphatic rings. The van der Waals surface area contributed by atoms with Crippen LogP contribution in [0, 0.1) is 0 Å². The van der Waals surface area contributed by atoms with Gasteiger partial charge in [-0.15, -0.1) is 0 Å². The molecule has 8 heteroatoms. The van der Waals surface area contributed by atoms with Crippen molar-refractivity contribution in [3.63, 3.8) is 0 Å². The second-order valence-electron chi connectivity index (χ2n) is 11.6. The maximum absolute atomic E-state index is 13.2. The number of sulfonamides is 1. The molecule has 7 nitrogen and oxygen atoms in total. The summed E-state index contributed by atoms with van der Waals surface area (Å²) in [6, 6.07) is 24.8. The fraction of sp³-hybridized carbons (Fsp3) is 0.387. The number of piperazine rings is 1. The van der Waals surface area contributed by atoms with Crippen molar-refractivity contribution >= 4 is 33.0 Å². The summed E-state index contributed by atoms with van der Waals surface area (Å²) in [4.78, 5) is 18.0. The van der Waals surface area contributed by atoms with Crippen LogP contribution < -0.4 is 19.8 Å². The van der Waals surface area contributed by atoms with Crippen LogP contribution >= 0.6 is 0 Å². The summed E-state index contributed by atoms with van der Waals surface area (Å²) < 4.78 is 27.3. The Morgan fingerprint density at radius 1 is 0.872 bits per heavy atom. The lowest BCUT2D eigenvalue weighted by molar-refractivity contribution is 0.0981. The number of benzene rings is 3. The first-order valence-electron chi connectivity index (χ1n) is 13.8. The van der Waals surface area contributed by atoms with Gasteiger partial charge in [0.1, 0.15) is 0 Å². The highest BCUT2D eigenvalue weighted by molar-refractivity contribution is 7.91. The second kappa shape index (κ2) is 9.90. The lowest BCUT2D eigenvalue weighted by atomic mass is 9.73. The minimum absolute atomic E-state index is 0.00736. The smallest absolute Gasteiger partial charge is 0.266 e. The fourth-order valence-corrected chi connectivity index (χ4v) is 7.25. The summed E-state index contributed by atoms with van der Waals surface area (Å²) in [5.41, 5.74) is 5.57. The Labute approximate surface area is 231 Å². The Bertz CT molecular complexity index is 1480. The van der Waals surface area contributed by atoms with Crippen molar-refractivity contribution in [2.24, 2.45) is 0 Å². The monoisotopic (exact) mass is 544 g/mol. The molecule has 1 atom stereocenters. The number of anilines is 3. The molecule has 3 aromatic rings. The number of hydrogen-bond donors (Lipinski definition) is 2. The molecule has 1 amide bonds. The van der Waals surface area contributed by atoms with Gasteiger partial charge in [-0.2, -0.15) is 0 Å². The van der Waals surface area contributed by atoms with E-state index in [-0.39, 0.29) is 11.5 Å². The van der Waals surface area contributed by atoms with E-state index in [1.807, 2.05) is 12.1 Å². The van der Waals surface area contributed by atoms with Crippen LogP contribution in [0.2, 0.25) is 0 Å². The molecule has 1 aliphatic carbocycles. The molecular weight excluding hydrogens is 508 g/mol. The summed E-state index contributed by atoms with van der Waals surface area (Å²) in [5, 5.41) is 3.18. The number of amides is 1. The maximum Gasteiger partial charge on any atom is 0.266 e. The highest BCUT2D eigenvalue weighted by Crippen LogP contribution is 2.46. The van der Waals surface area contributed by atoms with E-state index < -0.39 is 21.2 Å². The normalized spacial score (nSPS) is 20.6. The van der Waals surface area contributed by atoms with Gasteiger partial charge >= 0.3 is 0 Å². The molecule has 0 bridgehead atoms. The minimum atomic E-state index is -3.63. The predicted octanol–water partition coefficient (Wildman–Crippen LogP) is 5.07. The van der Waals surface area contributed by atoms with E-state index in [1.54, 1.807) is 6.07 Å². The molecule has 1 saturated heterocycles. The SMILES string of the molecule is CC1(C)CC(c2cccc(N3CCN(c4ccccc4)CC3)c2)Nc2c(C(=O)NS(=O)(=O)C3CC3)cccc21. The lowest BCUT2D eigenvalue weighted by Crippen LogP contribution is -2.46. The first-order chi connectivity index (χ1) is 18.7. The van der Waals surface area contributed by atoms with Crippen molar-refractivity contribution in [1.29, 1.82) is 0 Å². The van der Waals surface area contributed by atoms with Crippen LogP contribution in [0.5, 0.6) is 0 Å². The Morgan fingerprint density at radius 3 is 2.21 bits per heavy atom. The van der Waals surface area contributed by atoms with Crippen molar-refractivity contribution in [3.8, 4) is 0 Å². The Kier molecular flexibility index (Phi) is 6.53. The van der Waals surface area contributed by atoms with Gasteiger partial charge in [0.25, 0.3) is 5.91 Å². The van der Waals surface area contributed by atoms with E-state index in [0.717, 1.165) is 49.4 Å². The van der Waals surface area contributed by atoms with Crippen LogP contribution in [-0.2, 0) is 15.4 Å². The van der Waals surface area contributed by atoms with E-state index in [2.05, 4.69) is 88.3 Å². The molecule has 1 saturated carbocycles. The molecule has 3 aromatic carbocycles. The summed E-state index contributed by atoms with van der Waals surface area (Å²) >= 11 is 0. The van der Waals surface area contributed by atoms with Crippen LogP contribution in [0.15, 0.2) is 72.8 Å². The van der Waals surface area contributed by atoms with Crippen LogP contribution in [0.25, 0.3) is 0 Å². The zero-order chi connectivity index (χ0) is 27.2. The third-order valence-corrected chi connectivity index (χ3v) is 10.1. The highest BCUT2D eigenvalue weighted by atomic mass is 32.2. The van der Waals surface area contributed by atoms with Gasteiger partial charge in [0.2, 0.25) is 10.0 Å². The molecule has 6 rings (SSSR count). The number of nitrogens with one attached hydrogen (secondary N) is 2. The molecule has 0 spiro atoms. The lowest BCUT2D eigenvalue weighted by Gasteiger charge is -2.40. The van der Waals surface area contributed by atoms with E-state index in [9.17, 15) is 13.2 Å². The zero-order valence-electron chi connectivity index (χ0n) is 22.6. The van der Waals surface area contributed by atoms with Crippen molar-refractivity contribution in [1.82, 2.24) is 4.72 Å². The fourth-order valence-electron chi connectivity index (χ4n) is 5.95. The van der Waals surface area contributed by atoms with Crippen molar-refractivity contribution < 1.29 is 13.2 Å². The van der Waals surface area contributed by atoms with Crippen LogP contribution in [0.3, 0.4) is 0 Å². The second-order valence-corrected chi connectivity index (χ2v) is 13.6. The summed E-state index contributed by atoms with van der Waals surface area (Å²) in [6.45, 7) is 8.22. The Morgan fingerprint density at radius 2 is 1.51 bits per heavy atom. The molecule has 1 unspecified atom stereocenters. The average Bonchev–Trinajstić information content (AvgIpc) is 3.80. The van der Waals surface area contributed by atoms with Crippen LogP contribution in [0.4, 0.5) is 17.1 Å². The molecule has 204 valence electrons. The van der Waals surface area contributed by atoms with E-state index in [4.69, 9.17) is 0 Å². The first-order valence-corrected chi connectivity index (χ1v) is 15.4. The number of rotatable bonds is 6. The molecule has 0 radical (unpaired) electrons. The topological polar surface area (TPSA) is 81.8 Å². The van der Waals surface area contributed by atoms with Crippen LogP contribution in [-0.4, -0.2) is 45.8 Å². The Hall–Kier alpha value is -3.52. The molecule has 39 heavy (non-hydrogen) atoms.